The molecular formula is C22H27N3O4S. The Bertz CT molecular complexity index is 1130. The zero-order valence-corrected chi connectivity index (χ0v) is 18.4. The fraction of sp³-hybridized carbons (Fsp3) is 0.364. The molecule has 0 amide bonds. The summed E-state index contributed by atoms with van der Waals surface area (Å²) in [5, 5.41) is 0.894. The lowest BCUT2D eigenvalue weighted by Crippen LogP contribution is -2.43. The second-order valence-corrected chi connectivity index (χ2v) is 9.41. The van der Waals surface area contributed by atoms with Gasteiger partial charge < -0.3 is 14.4 Å². The van der Waals surface area contributed by atoms with Crippen molar-refractivity contribution in [1.82, 2.24) is 13.8 Å². The molecule has 0 spiro atoms. The molecule has 160 valence electrons. The van der Waals surface area contributed by atoms with Crippen molar-refractivity contribution in [2.24, 2.45) is 0 Å². The van der Waals surface area contributed by atoms with Crippen molar-refractivity contribution in [2.75, 3.05) is 47.4 Å². The molecule has 1 aromatic heterocycles. The number of ether oxygens (including phenoxy) is 2. The monoisotopic (exact) mass is 429 g/mol. The Balaban J connectivity index is 1.77. The number of benzene rings is 2. The summed E-state index contributed by atoms with van der Waals surface area (Å²) in [6.45, 7) is 4.62. The standard InChI is InChI=1S/C22H27N3O4S/c1-23-10-12-24(13-11-23)15-17-16-25(22-9-6-19(29-3)14-21(17)22)30(26,27)20-7-4-18(28-2)5-8-20/h4-9,14,16H,10-13,15H2,1-3H3. The van der Waals surface area contributed by atoms with Crippen LogP contribution in [-0.4, -0.2) is 69.6 Å². The van der Waals surface area contributed by atoms with Gasteiger partial charge in [-0.1, -0.05) is 0 Å². The molecule has 0 radical (unpaired) electrons. The molecule has 0 saturated carbocycles. The van der Waals surface area contributed by atoms with Gasteiger partial charge >= 0.3 is 0 Å². The van der Waals surface area contributed by atoms with Crippen molar-refractivity contribution in [3.05, 3.63) is 54.2 Å². The van der Waals surface area contributed by atoms with E-state index in [1.165, 1.54) is 3.97 Å². The molecule has 1 saturated heterocycles. The third-order valence-corrected chi connectivity index (χ3v) is 7.35. The molecule has 3 aromatic rings. The van der Waals surface area contributed by atoms with Crippen LogP contribution >= 0.6 is 0 Å². The van der Waals surface area contributed by atoms with Crippen LogP contribution in [0, 0.1) is 0 Å². The van der Waals surface area contributed by atoms with Crippen molar-refractivity contribution >= 4 is 20.9 Å². The minimum absolute atomic E-state index is 0.224. The van der Waals surface area contributed by atoms with Crippen LogP contribution in [0.4, 0.5) is 0 Å². The van der Waals surface area contributed by atoms with Crippen molar-refractivity contribution in [3.63, 3.8) is 0 Å². The van der Waals surface area contributed by atoms with Crippen molar-refractivity contribution < 1.29 is 17.9 Å². The first-order valence-corrected chi connectivity index (χ1v) is 11.3. The van der Waals surface area contributed by atoms with Crippen molar-refractivity contribution in [3.8, 4) is 11.5 Å². The summed E-state index contributed by atoms with van der Waals surface area (Å²) in [5.74, 6) is 1.33. The maximum atomic E-state index is 13.4. The number of hydrogen-bond acceptors (Lipinski definition) is 6. The van der Waals surface area contributed by atoms with Crippen LogP contribution in [0.1, 0.15) is 5.56 Å². The number of methoxy groups -OCH3 is 2. The Morgan fingerprint density at radius 2 is 1.53 bits per heavy atom. The van der Waals surface area contributed by atoms with E-state index >= 15 is 0 Å². The Morgan fingerprint density at radius 1 is 0.900 bits per heavy atom. The molecule has 8 heteroatoms. The quantitative estimate of drug-likeness (QED) is 0.600. The van der Waals surface area contributed by atoms with E-state index in [4.69, 9.17) is 9.47 Å². The molecule has 1 aliphatic heterocycles. The first-order valence-electron chi connectivity index (χ1n) is 9.91. The van der Waals surface area contributed by atoms with Gasteiger partial charge in [-0.05, 0) is 55.1 Å². The number of hydrogen-bond donors (Lipinski definition) is 0. The lowest BCUT2D eigenvalue weighted by molar-refractivity contribution is 0.148. The predicted molar refractivity (Wildman–Crippen MR) is 117 cm³/mol. The molecule has 4 rings (SSSR count). The molecule has 1 fully saturated rings. The molecule has 1 aliphatic rings. The van der Waals surface area contributed by atoms with E-state index in [0.717, 1.165) is 37.1 Å². The minimum atomic E-state index is -3.75. The van der Waals surface area contributed by atoms with Gasteiger partial charge in [0, 0.05) is 44.3 Å². The summed E-state index contributed by atoms with van der Waals surface area (Å²) in [4.78, 5) is 4.89. The van der Waals surface area contributed by atoms with Gasteiger partial charge in [-0.25, -0.2) is 12.4 Å². The van der Waals surface area contributed by atoms with Crippen LogP contribution in [-0.2, 0) is 16.6 Å². The lowest BCUT2D eigenvalue weighted by Gasteiger charge is -2.32. The first kappa shape index (κ1) is 20.7. The average molecular weight is 430 g/mol. The van der Waals surface area contributed by atoms with Crippen molar-refractivity contribution in [1.29, 1.82) is 0 Å². The molecule has 0 unspecified atom stereocenters. The SMILES string of the molecule is COc1ccc(S(=O)(=O)n2cc(CN3CCN(C)CC3)c3cc(OC)ccc32)cc1. The summed E-state index contributed by atoms with van der Waals surface area (Å²) in [6, 6.07) is 12.0. The minimum Gasteiger partial charge on any atom is -0.497 e. The summed E-state index contributed by atoms with van der Waals surface area (Å²) in [7, 11) is 1.55. The smallest absolute Gasteiger partial charge is 0.268 e. The Labute approximate surface area is 177 Å². The van der Waals surface area contributed by atoms with Crippen LogP contribution in [0.3, 0.4) is 0 Å². The van der Waals surface area contributed by atoms with Crippen LogP contribution in [0.2, 0.25) is 0 Å². The zero-order valence-electron chi connectivity index (χ0n) is 17.5. The zero-order chi connectivity index (χ0) is 21.3. The van der Waals surface area contributed by atoms with Gasteiger partial charge in [-0.3, -0.25) is 4.90 Å². The number of aromatic nitrogens is 1. The number of fused-ring (bicyclic) bond motifs is 1. The normalized spacial score (nSPS) is 16.1. The summed E-state index contributed by atoms with van der Waals surface area (Å²) in [6.07, 6.45) is 1.75. The summed E-state index contributed by atoms with van der Waals surface area (Å²) >= 11 is 0. The highest BCUT2D eigenvalue weighted by atomic mass is 32.2. The highest BCUT2D eigenvalue weighted by Gasteiger charge is 2.23. The second kappa shape index (κ2) is 8.29. The van der Waals surface area contributed by atoms with Gasteiger partial charge in [0.2, 0.25) is 0 Å². The van der Waals surface area contributed by atoms with E-state index in [1.54, 1.807) is 50.7 Å². The highest BCUT2D eigenvalue weighted by molar-refractivity contribution is 7.90. The predicted octanol–water partition coefficient (Wildman–Crippen LogP) is 2.64. The van der Waals surface area contributed by atoms with Gasteiger partial charge in [0.25, 0.3) is 10.0 Å². The topological polar surface area (TPSA) is 64.0 Å². The average Bonchev–Trinajstić information content (AvgIpc) is 3.13. The largest absolute Gasteiger partial charge is 0.497 e. The Hall–Kier alpha value is -2.55. The maximum Gasteiger partial charge on any atom is 0.268 e. The second-order valence-electron chi connectivity index (χ2n) is 7.59. The van der Waals surface area contributed by atoms with Crippen molar-refractivity contribution in [2.45, 2.75) is 11.4 Å². The fourth-order valence-corrected chi connectivity index (χ4v) is 5.20. The van der Waals surface area contributed by atoms with Crippen LogP contribution < -0.4 is 9.47 Å². The molecule has 2 aromatic carbocycles. The van der Waals surface area contributed by atoms with E-state index in [9.17, 15) is 8.42 Å². The van der Waals surface area contributed by atoms with E-state index in [0.29, 0.717) is 23.6 Å². The molecule has 2 heterocycles. The Kier molecular flexibility index (Phi) is 5.73. The summed E-state index contributed by atoms with van der Waals surface area (Å²) < 4.78 is 38.8. The number of likely N-dealkylation sites (N-methyl/N-ethyl adjacent to an activating group) is 1. The molecule has 0 N–H and O–H groups in total. The Morgan fingerprint density at radius 3 is 2.17 bits per heavy atom. The highest BCUT2D eigenvalue weighted by Crippen LogP contribution is 2.30. The van der Waals surface area contributed by atoms with Crippen LogP contribution in [0.25, 0.3) is 10.9 Å². The lowest BCUT2D eigenvalue weighted by atomic mass is 10.1. The number of piperazine rings is 1. The van der Waals surface area contributed by atoms with Gasteiger partial charge in [0.05, 0.1) is 24.6 Å². The number of rotatable bonds is 6. The molecule has 0 bridgehead atoms. The molecule has 0 aliphatic carbocycles. The maximum absolute atomic E-state index is 13.4. The number of nitrogens with zero attached hydrogens (tertiary/aromatic N) is 3. The van der Waals surface area contributed by atoms with E-state index < -0.39 is 10.0 Å². The molecule has 30 heavy (non-hydrogen) atoms. The van der Waals surface area contributed by atoms with E-state index in [-0.39, 0.29) is 4.90 Å². The first-order chi connectivity index (χ1) is 14.4. The molecule has 0 atom stereocenters. The van der Waals surface area contributed by atoms with Gasteiger partial charge in [-0.2, -0.15) is 0 Å². The van der Waals surface area contributed by atoms with Gasteiger partial charge in [-0.15, -0.1) is 0 Å². The van der Waals surface area contributed by atoms with Crippen LogP contribution in [0.15, 0.2) is 53.6 Å². The van der Waals surface area contributed by atoms with Crippen LogP contribution in [0.5, 0.6) is 11.5 Å². The third kappa shape index (κ3) is 3.90. The van der Waals surface area contributed by atoms with E-state index in [1.807, 2.05) is 12.1 Å². The van der Waals surface area contributed by atoms with Gasteiger partial charge in [0.1, 0.15) is 11.5 Å². The molecular weight excluding hydrogens is 402 g/mol. The fourth-order valence-electron chi connectivity index (χ4n) is 3.81. The van der Waals surface area contributed by atoms with E-state index in [2.05, 4.69) is 16.8 Å². The summed E-state index contributed by atoms with van der Waals surface area (Å²) in [5.41, 5.74) is 1.63. The van der Waals surface area contributed by atoms with Gasteiger partial charge in [0.15, 0.2) is 0 Å². The third-order valence-electron chi connectivity index (χ3n) is 5.67. The molecule has 7 nitrogen and oxygen atoms in total.